The van der Waals surface area contributed by atoms with Crippen LogP contribution in [0.15, 0.2) is 35.3 Å². The molecule has 0 bridgehead atoms. The number of aromatic nitrogens is 3. The zero-order valence-corrected chi connectivity index (χ0v) is 29.8. The molecular formula is C35H56N8O4. The number of nitrogens with one attached hydrogen (secondary N) is 2. The molecule has 0 aromatic carbocycles. The van der Waals surface area contributed by atoms with Crippen molar-refractivity contribution in [2.24, 2.45) is 21.8 Å². The third-order valence-corrected chi connectivity index (χ3v) is 8.24. The molecule has 0 saturated carbocycles. The average molecular weight is 653 g/mol. The molecule has 2 saturated heterocycles. The van der Waals surface area contributed by atoms with Crippen molar-refractivity contribution in [3.8, 4) is 0 Å². The number of hydrogen-bond acceptors (Lipinski definition) is 12. The Labute approximate surface area is 281 Å². The van der Waals surface area contributed by atoms with Crippen molar-refractivity contribution in [3.05, 3.63) is 25.3 Å². The van der Waals surface area contributed by atoms with E-state index in [0.29, 0.717) is 38.1 Å². The Morgan fingerprint density at radius 3 is 1.43 bits per heavy atom. The fraction of sp³-hybridized carbons (Fsp3) is 0.686. The highest BCUT2D eigenvalue weighted by Crippen LogP contribution is 2.35. The van der Waals surface area contributed by atoms with E-state index in [9.17, 15) is 9.59 Å². The van der Waals surface area contributed by atoms with Crippen LogP contribution in [-0.4, -0.2) is 87.8 Å². The fourth-order valence-electron chi connectivity index (χ4n) is 7.57. The first-order chi connectivity index (χ1) is 21.9. The first-order valence-corrected chi connectivity index (χ1v) is 16.6. The first kappa shape index (κ1) is 37.9. The zero-order valence-electron chi connectivity index (χ0n) is 29.8. The summed E-state index contributed by atoms with van der Waals surface area (Å²) >= 11 is 0. The second kappa shape index (κ2) is 16.1. The van der Waals surface area contributed by atoms with Crippen LogP contribution in [0, 0.1) is 11.8 Å². The molecule has 1 aromatic heterocycles. The van der Waals surface area contributed by atoms with Gasteiger partial charge in [-0.25, -0.2) is 19.6 Å². The summed E-state index contributed by atoms with van der Waals surface area (Å²) in [6, 6.07) is 0. The number of aliphatic imine (C=N–C) groups is 2. The van der Waals surface area contributed by atoms with Gasteiger partial charge in [0.05, 0.1) is 13.2 Å². The maximum Gasteiger partial charge on any atom is 0.349 e. The van der Waals surface area contributed by atoms with Crippen LogP contribution >= 0.6 is 0 Å². The molecule has 12 nitrogen and oxygen atoms in total. The highest BCUT2D eigenvalue weighted by molar-refractivity contribution is 6.24. The van der Waals surface area contributed by atoms with Gasteiger partial charge in [-0.3, -0.25) is 0 Å². The molecule has 12 heteroatoms. The Hall–Kier alpha value is -3.51. The predicted molar refractivity (Wildman–Crippen MR) is 188 cm³/mol. The highest BCUT2D eigenvalue weighted by Gasteiger charge is 2.38. The quantitative estimate of drug-likeness (QED) is 0.143. The second-order valence-corrected chi connectivity index (χ2v) is 15.5. The van der Waals surface area contributed by atoms with Crippen LogP contribution in [0.5, 0.6) is 0 Å². The van der Waals surface area contributed by atoms with Crippen LogP contribution in [-0.2, 0) is 19.1 Å². The third kappa shape index (κ3) is 13.3. The van der Waals surface area contributed by atoms with Crippen LogP contribution in [0.4, 0.5) is 17.8 Å². The van der Waals surface area contributed by atoms with Gasteiger partial charge in [0, 0.05) is 35.2 Å². The van der Waals surface area contributed by atoms with E-state index in [0.717, 1.165) is 51.0 Å². The summed E-state index contributed by atoms with van der Waals surface area (Å²) in [6.45, 7) is 26.6. The SMILES string of the molecule is C=CCN(CC=C)c1nc(N=CC(=O)OCCC2CC(C)(C)NC(C)(C)C2)nc(N=CC(=O)OCCC2CC(C)(C)NC(C)(C)C2)n1. The predicted octanol–water partition coefficient (Wildman–Crippen LogP) is 5.43. The molecule has 0 unspecified atom stereocenters. The molecule has 47 heavy (non-hydrogen) atoms. The van der Waals surface area contributed by atoms with Crippen LogP contribution < -0.4 is 15.5 Å². The van der Waals surface area contributed by atoms with Gasteiger partial charge in [-0.15, -0.1) is 13.2 Å². The number of nitrogens with zero attached hydrogens (tertiary/aromatic N) is 6. The van der Waals surface area contributed by atoms with Gasteiger partial charge in [0.2, 0.25) is 5.95 Å². The number of esters is 2. The van der Waals surface area contributed by atoms with E-state index in [-0.39, 0.29) is 40.0 Å². The van der Waals surface area contributed by atoms with Crippen molar-refractivity contribution < 1.29 is 19.1 Å². The number of hydrogen-bond donors (Lipinski definition) is 2. The van der Waals surface area contributed by atoms with Gasteiger partial charge >= 0.3 is 11.9 Å². The van der Waals surface area contributed by atoms with Crippen LogP contribution in [0.3, 0.4) is 0 Å². The lowest BCUT2D eigenvalue weighted by Gasteiger charge is -2.46. The Morgan fingerprint density at radius 2 is 1.09 bits per heavy atom. The van der Waals surface area contributed by atoms with Crippen molar-refractivity contribution in [2.45, 2.75) is 116 Å². The standard InChI is InChI=1S/C35H56N8O4/c1-11-15-43(16-12-2)31-39-29(36-23-27(44)46-17-13-25-19-32(3,4)41-33(5,6)20-25)38-30(40-31)37-24-28(45)47-18-14-26-21-34(7,8)42-35(9,10)22-26/h11-12,23-26,41-42H,1-2,13-22H2,3-10H3. The summed E-state index contributed by atoms with van der Waals surface area (Å²) in [6.07, 6.45) is 11.1. The molecular weight excluding hydrogens is 596 g/mol. The number of rotatable bonds is 15. The number of carbonyl (C=O) groups excluding carboxylic acids is 2. The van der Waals surface area contributed by atoms with E-state index < -0.39 is 11.9 Å². The summed E-state index contributed by atoms with van der Waals surface area (Å²) in [5.41, 5.74) is 0.103. The maximum atomic E-state index is 12.5. The van der Waals surface area contributed by atoms with Crippen molar-refractivity contribution in [3.63, 3.8) is 0 Å². The van der Waals surface area contributed by atoms with E-state index in [1.807, 2.05) is 0 Å². The van der Waals surface area contributed by atoms with E-state index in [2.05, 4.69) is 104 Å². The van der Waals surface area contributed by atoms with Gasteiger partial charge in [0.15, 0.2) is 0 Å². The number of piperidine rings is 2. The lowest BCUT2D eigenvalue weighted by molar-refractivity contribution is -0.136. The Bertz CT molecular complexity index is 1190. The number of ether oxygens (including phenoxy) is 2. The van der Waals surface area contributed by atoms with Crippen molar-refractivity contribution in [2.75, 3.05) is 31.2 Å². The fourth-order valence-corrected chi connectivity index (χ4v) is 7.57. The molecule has 2 aliphatic heterocycles. The van der Waals surface area contributed by atoms with E-state index in [4.69, 9.17) is 9.47 Å². The van der Waals surface area contributed by atoms with Crippen LogP contribution in [0.25, 0.3) is 0 Å². The van der Waals surface area contributed by atoms with Crippen molar-refractivity contribution in [1.29, 1.82) is 0 Å². The summed E-state index contributed by atoms with van der Waals surface area (Å²) in [5.74, 6) is -0.173. The molecule has 260 valence electrons. The Balaban J connectivity index is 1.63. The van der Waals surface area contributed by atoms with E-state index in [1.165, 1.54) is 0 Å². The van der Waals surface area contributed by atoms with E-state index in [1.54, 1.807) is 17.1 Å². The van der Waals surface area contributed by atoms with E-state index >= 15 is 0 Å². The molecule has 3 rings (SSSR count). The lowest BCUT2D eigenvalue weighted by Crippen LogP contribution is -2.57. The minimum absolute atomic E-state index is 0.0258. The number of anilines is 1. The summed E-state index contributed by atoms with van der Waals surface area (Å²) in [4.78, 5) is 48.1. The molecule has 3 heterocycles. The molecule has 0 atom stereocenters. The van der Waals surface area contributed by atoms with Gasteiger partial charge in [-0.1, -0.05) is 12.2 Å². The second-order valence-electron chi connectivity index (χ2n) is 15.5. The Kier molecular flexibility index (Phi) is 13.0. The minimum atomic E-state index is -0.595. The monoisotopic (exact) mass is 652 g/mol. The van der Waals surface area contributed by atoms with Gasteiger partial charge in [-0.2, -0.15) is 15.0 Å². The molecule has 0 aliphatic carbocycles. The first-order valence-electron chi connectivity index (χ1n) is 16.6. The zero-order chi connectivity index (χ0) is 34.9. The van der Waals surface area contributed by atoms with Crippen molar-refractivity contribution >= 4 is 42.2 Å². The van der Waals surface area contributed by atoms with Crippen LogP contribution in [0.1, 0.15) is 93.9 Å². The molecule has 2 N–H and O–H groups in total. The smallest absolute Gasteiger partial charge is 0.349 e. The highest BCUT2D eigenvalue weighted by atomic mass is 16.5. The largest absolute Gasteiger partial charge is 0.461 e. The molecule has 1 aromatic rings. The average Bonchev–Trinajstić information content (AvgIpc) is 2.91. The molecule has 2 aliphatic rings. The summed E-state index contributed by atoms with van der Waals surface area (Å²) in [5, 5.41) is 7.35. The summed E-state index contributed by atoms with van der Waals surface area (Å²) < 4.78 is 10.9. The normalized spacial score (nSPS) is 20.6. The molecule has 0 spiro atoms. The lowest BCUT2D eigenvalue weighted by atomic mass is 9.75. The number of carbonyl (C=O) groups is 2. The summed E-state index contributed by atoms with van der Waals surface area (Å²) in [7, 11) is 0. The minimum Gasteiger partial charge on any atom is -0.461 e. The molecule has 0 radical (unpaired) electrons. The third-order valence-electron chi connectivity index (χ3n) is 8.24. The Morgan fingerprint density at radius 1 is 0.723 bits per heavy atom. The van der Waals surface area contributed by atoms with Gasteiger partial charge in [0.1, 0.15) is 12.4 Å². The molecule has 0 amide bonds. The van der Waals surface area contributed by atoms with Crippen molar-refractivity contribution in [1.82, 2.24) is 25.6 Å². The van der Waals surface area contributed by atoms with Gasteiger partial charge in [0.25, 0.3) is 11.9 Å². The topological polar surface area (TPSA) is 143 Å². The maximum absolute atomic E-state index is 12.5. The van der Waals surface area contributed by atoms with Crippen LogP contribution in [0.2, 0.25) is 0 Å². The van der Waals surface area contributed by atoms with Gasteiger partial charge < -0.3 is 25.0 Å². The molecule has 2 fully saturated rings. The van der Waals surface area contributed by atoms with Gasteiger partial charge in [-0.05, 0) is 106 Å².